The van der Waals surface area contributed by atoms with Crippen molar-refractivity contribution in [3.8, 4) is 17.5 Å². The topological polar surface area (TPSA) is 111 Å². The summed E-state index contributed by atoms with van der Waals surface area (Å²) in [5, 5.41) is 21.9. The summed E-state index contributed by atoms with van der Waals surface area (Å²) in [7, 11) is 0. The Bertz CT molecular complexity index is 1170. The number of amides is 1. The fourth-order valence-electron chi connectivity index (χ4n) is 4.04. The second-order valence-corrected chi connectivity index (χ2v) is 8.86. The molecule has 0 unspecified atom stereocenters. The van der Waals surface area contributed by atoms with Gasteiger partial charge in [0.15, 0.2) is 11.0 Å². The van der Waals surface area contributed by atoms with Crippen molar-refractivity contribution < 1.29 is 9.53 Å². The van der Waals surface area contributed by atoms with E-state index >= 15 is 0 Å². The Morgan fingerprint density at radius 2 is 2.09 bits per heavy atom. The minimum absolute atomic E-state index is 0.0989. The van der Waals surface area contributed by atoms with Gasteiger partial charge in [-0.2, -0.15) is 5.26 Å². The lowest BCUT2D eigenvalue weighted by Gasteiger charge is -2.16. The van der Waals surface area contributed by atoms with Crippen LogP contribution >= 0.6 is 11.8 Å². The van der Waals surface area contributed by atoms with Crippen LogP contribution in [0.25, 0.3) is 11.4 Å². The highest BCUT2D eigenvalue weighted by Gasteiger charge is 2.24. The van der Waals surface area contributed by atoms with Crippen molar-refractivity contribution in [1.29, 1.82) is 5.26 Å². The van der Waals surface area contributed by atoms with Crippen LogP contribution in [0.1, 0.15) is 36.6 Å². The van der Waals surface area contributed by atoms with Gasteiger partial charge in [-0.15, -0.1) is 10.2 Å². The molecule has 1 saturated heterocycles. The summed E-state index contributed by atoms with van der Waals surface area (Å²) in [6.45, 7) is 7.95. The standard InChI is InChI=1S/C23H27N7O2S/c1-4-29-21(17-7-9-25-10-8-17)27-28-23(29)33-14-20(31)26-22-19(12-24)15(2)16(3)30(22)13-18-6-5-11-32-18/h7-10,18H,4-6,11,13-14H2,1-3H3,(H,26,31)/t18-/m1/s1. The molecule has 9 nitrogen and oxygen atoms in total. The van der Waals surface area contributed by atoms with Gasteiger partial charge in [-0.05, 0) is 51.3 Å². The van der Waals surface area contributed by atoms with Gasteiger partial charge in [-0.3, -0.25) is 9.78 Å². The monoisotopic (exact) mass is 465 g/mol. The molecule has 0 spiro atoms. The highest BCUT2D eigenvalue weighted by molar-refractivity contribution is 7.99. The Hall–Kier alpha value is -3.16. The van der Waals surface area contributed by atoms with E-state index in [1.54, 1.807) is 12.4 Å². The third kappa shape index (κ3) is 4.79. The van der Waals surface area contributed by atoms with Crippen LogP contribution < -0.4 is 5.32 Å². The highest BCUT2D eigenvalue weighted by atomic mass is 32.2. The van der Waals surface area contributed by atoms with E-state index in [9.17, 15) is 10.1 Å². The molecule has 0 saturated carbocycles. The van der Waals surface area contributed by atoms with Crippen LogP contribution in [0.3, 0.4) is 0 Å². The molecule has 3 aromatic rings. The van der Waals surface area contributed by atoms with Gasteiger partial charge in [0.2, 0.25) is 5.91 Å². The first-order valence-electron chi connectivity index (χ1n) is 11.0. The Morgan fingerprint density at radius 3 is 2.76 bits per heavy atom. The van der Waals surface area contributed by atoms with Gasteiger partial charge < -0.3 is 19.2 Å². The molecule has 1 N–H and O–H groups in total. The molecule has 1 fully saturated rings. The van der Waals surface area contributed by atoms with E-state index in [-0.39, 0.29) is 17.8 Å². The number of carbonyl (C=O) groups excluding carboxylic acids is 1. The molecule has 0 aliphatic carbocycles. The maximum absolute atomic E-state index is 12.9. The fraction of sp³-hybridized carbons (Fsp3) is 0.435. The molecule has 10 heteroatoms. The second kappa shape index (κ2) is 10.2. The molecule has 4 heterocycles. The SMILES string of the molecule is CCn1c(SCC(=O)Nc2c(C#N)c(C)c(C)n2C[C@H]2CCCO2)nnc1-c1ccncc1. The smallest absolute Gasteiger partial charge is 0.235 e. The number of hydrogen-bond acceptors (Lipinski definition) is 7. The molecule has 172 valence electrons. The maximum Gasteiger partial charge on any atom is 0.235 e. The van der Waals surface area contributed by atoms with Gasteiger partial charge in [-0.25, -0.2) is 0 Å². The molecule has 4 rings (SSSR count). The minimum Gasteiger partial charge on any atom is -0.376 e. The molecular weight excluding hydrogens is 438 g/mol. The Labute approximate surface area is 197 Å². The van der Waals surface area contributed by atoms with E-state index in [2.05, 4.69) is 26.6 Å². The fourth-order valence-corrected chi connectivity index (χ4v) is 4.85. The summed E-state index contributed by atoms with van der Waals surface area (Å²) in [5.74, 6) is 1.25. The van der Waals surface area contributed by atoms with E-state index in [0.29, 0.717) is 29.6 Å². The van der Waals surface area contributed by atoms with E-state index in [4.69, 9.17) is 4.74 Å². The quantitative estimate of drug-likeness (QED) is 0.506. The van der Waals surface area contributed by atoms with Gasteiger partial charge in [0.1, 0.15) is 11.9 Å². The molecule has 0 aromatic carbocycles. The molecule has 33 heavy (non-hydrogen) atoms. The summed E-state index contributed by atoms with van der Waals surface area (Å²) in [4.78, 5) is 16.9. The number of carbonyl (C=O) groups is 1. The first-order chi connectivity index (χ1) is 16.0. The van der Waals surface area contributed by atoms with Crippen molar-refractivity contribution in [2.45, 2.75) is 58.0 Å². The number of aromatic nitrogens is 5. The zero-order chi connectivity index (χ0) is 23.4. The number of nitrogens with zero attached hydrogens (tertiary/aromatic N) is 6. The molecule has 1 atom stereocenters. The van der Waals surface area contributed by atoms with Crippen molar-refractivity contribution in [3.63, 3.8) is 0 Å². The lowest BCUT2D eigenvalue weighted by Crippen LogP contribution is -2.22. The third-order valence-electron chi connectivity index (χ3n) is 5.91. The summed E-state index contributed by atoms with van der Waals surface area (Å²) in [6, 6.07) is 6.02. The molecular formula is C23H27N7O2S. The Kier molecular flexibility index (Phi) is 7.11. The number of pyridine rings is 1. The lowest BCUT2D eigenvalue weighted by molar-refractivity contribution is -0.113. The van der Waals surface area contributed by atoms with Crippen molar-refractivity contribution >= 4 is 23.5 Å². The van der Waals surface area contributed by atoms with Gasteiger partial charge in [0, 0.05) is 36.8 Å². The molecule has 1 aliphatic heterocycles. The summed E-state index contributed by atoms with van der Waals surface area (Å²) >= 11 is 1.32. The number of anilines is 1. The normalized spacial score (nSPS) is 15.5. The molecule has 0 bridgehead atoms. The van der Waals surface area contributed by atoms with Crippen LogP contribution in [0.2, 0.25) is 0 Å². The maximum atomic E-state index is 12.9. The lowest BCUT2D eigenvalue weighted by atomic mass is 10.2. The number of rotatable bonds is 8. The number of hydrogen-bond donors (Lipinski definition) is 1. The van der Waals surface area contributed by atoms with Crippen LogP contribution in [0.5, 0.6) is 0 Å². The van der Waals surface area contributed by atoms with Gasteiger partial charge in [-0.1, -0.05) is 11.8 Å². The minimum atomic E-state index is -0.196. The van der Waals surface area contributed by atoms with E-state index in [0.717, 1.165) is 42.1 Å². The Morgan fingerprint density at radius 1 is 1.30 bits per heavy atom. The average Bonchev–Trinajstić information content (AvgIpc) is 3.54. The predicted molar refractivity (Wildman–Crippen MR) is 126 cm³/mol. The van der Waals surface area contributed by atoms with Gasteiger partial charge in [0.05, 0.1) is 24.0 Å². The predicted octanol–water partition coefficient (Wildman–Crippen LogP) is 3.56. The largest absolute Gasteiger partial charge is 0.376 e. The number of nitriles is 1. The number of nitrogens with one attached hydrogen (secondary N) is 1. The van der Waals surface area contributed by atoms with Gasteiger partial charge in [0.25, 0.3) is 0 Å². The van der Waals surface area contributed by atoms with Crippen LogP contribution in [0, 0.1) is 25.2 Å². The van der Waals surface area contributed by atoms with Crippen molar-refractivity contribution in [2.24, 2.45) is 0 Å². The Balaban J connectivity index is 1.49. The van der Waals surface area contributed by atoms with Crippen LogP contribution in [-0.4, -0.2) is 48.7 Å². The molecule has 3 aromatic heterocycles. The highest BCUT2D eigenvalue weighted by Crippen LogP contribution is 2.29. The van der Waals surface area contributed by atoms with Crippen LogP contribution in [0.4, 0.5) is 5.82 Å². The molecule has 1 amide bonds. The number of ether oxygens (including phenoxy) is 1. The average molecular weight is 466 g/mol. The van der Waals surface area contributed by atoms with Crippen molar-refractivity contribution in [2.75, 3.05) is 17.7 Å². The van der Waals surface area contributed by atoms with Crippen molar-refractivity contribution in [1.82, 2.24) is 24.3 Å². The number of thioether (sulfide) groups is 1. The molecule has 0 radical (unpaired) electrons. The second-order valence-electron chi connectivity index (χ2n) is 7.91. The zero-order valence-corrected chi connectivity index (χ0v) is 19.9. The zero-order valence-electron chi connectivity index (χ0n) is 19.0. The molecule has 1 aliphatic rings. The van der Waals surface area contributed by atoms with Crippen molar-refractivity contribution in [3.05, 3.63) is 41.3 Å². The van der Waals surface area contributed by atoms with E-state index in [1.165, 1.54) is 11.8 Å². The summed E-state index contributed by atoms with van der Waals surface area (Å²) < 4.78 is 9.76. The first-order valence-corrected chi connectivity index (χ1v) is 12.0. The first kappa shape index (κ1) is 23.0. The van der Waals surface area contributed by atoms with E-state index in [1.807, 2.05) is 42.0 Å². The summed E-state index contributed by atoms with van der Waals surface area (Å²) in [5.41, 5.74) is 3.27. The van der Waals surface area contributed by atoms with Crippen LogP contribution in [0.15, 0.2) is 29.7 Å². The van der Waals surface area contributed by atoms with Crippen LogP contribution in [-0.2, 0) is 22.6 Å². The van der Waals surface area contributed by atoms with Gasteiger partial charge >= 0.3 is 0 Å². The van der Waals surface area contributed by atoms with E-state index < -0.39 is 0 Å². The third-order valence-corrected chi connectivity index (χ3v) is 6.88. The summed E-state index contributed by atoms with van der Waals surface area (Å²) in [6.07, 6.45) is 5.54.